The molecule has 0 aromatic heterocycles. The van der Waals surface area contributed by atoms with E-state index in [2.05, 4.69) is 104 Å². The summed E-state index contributed by atoms with van der Waals surface area (Å²) in [6.45, 7) is 29.8. The van der Waals surface area contributed by atoms with Crippen molar-refractivity contribution < 1.29 is 29.1 Å². The Balaban J connectivity index is -0.000000109. The Kier molecular flexibility index (Phi) is 40.7. The first-order valence-electron chi connectivity index (χ1n) is 10.4. The summed E-state index contributed by atoms with van der Waals surface area (Å²) in [5, 5.41) is 18.1. The third-order valence-electron chi connectivity index (χ3n) is 3.17. The van der Waals surface area contributed by atoms with E-state index in [1.54, 1.807) is 0 Å². The summed E-state index contributed by atoms with van der Waals surface area (Å²) in [6.07, 6.45) is 2.67. The van der Waals surface area contributed by atoms with Gasteiger partial charge >= 0.3 is 19.5 Å². The SMILES string of the molecule is CCC[N-]C([N-]C(C)C)C(C)C.CCC[N-]C([N-]C(C)C)C(C)C.[CH-]=O.[CH-]=O.[Ru+6]. The molecule has 2 unspecified atom stereocenters. The molecule has 0 fully saturated rings. The van der Waals surface area contributed by atoms with Gasteiger partial charge in [0.2, 0.25) is 0 Å². The Labute approximate surface area is 195 Å². The summed E-state index contributed by atoms with van der Waals surface area (Å²) in [5.74, 6) is 1.08. The van der Waals surface area contributed by atoms with E-state index in [-0.39, 0.29) is 31.8 Å². The molecule has 0 rings (SSSR count). The Morgan fingerprint density at radius 3 is 0.966 bits per heavy atom. The van der Waals surface area contributed by atoms with Crippen molar-refractivity contribution in [2.24, 2.45) is 11.8 Å². The molecule has 7 heteroatoms. The van der Waals surface area contributed by atoms with Crippen LogP contribution in [0, 0.1) is 11.8 Å². The van der Waals surface area contributed by atoms with Crippen LogP contribution in [0.3, 0.4) is 0 Å². The molecule has 0 aliphatic carbocycles. The minimum atomic E-state index is 0. The monoisotopic (exact) mass is 500 g/mol. The zero-order valence-corrected chi connectivity index (χ0v) is 22.1. The van der Waals surface area contributed by atoms with Crippen molar-refractivity contribution in [3.05, 3.63) is 21.3 Å². The second kappa shape index (κ2) is 30.0. The van der Waals surface area contributed by atoms with Crippen LogP contribution < -0.4 is 0 Å². The van der Waals surface area contributed by atoms with Crippen LogP contribution in [0.1, 0.15) is 82.1 Å². The summed E-state index contributed by atoms with van der Waals surface area (Å²) < 4.78 is 0. The molecule has 0 radical (unpaired) electrons. The van der Waals surface area contributed by atoms with Gasteiger partial charge in [0.15, 0.2) is 0 Å². The molecule has 0 aromatic rings. The van der Waals surface area contributed by atoms with E-state index in [4.69, 9.17) is 9.59 Å². The molecule has 29 heavy (non-hydrogen) atoms. The first-order chi connectivity index (χ1) is 13.1. The van der Waals surface area contributed by atoms with E-state index in [0.717, 1.165) is 25.9 Å². The fraction of sp³-hybridized carbons (Fsp3) is 0.909. The van der Waals surface area contributed by atoms with Crippen molar-refractivity contribution in [3.63, 3.8) is 0 Å². The number of carbonyl (C=O) groups excluding carboxylic acids is 2. The molecule has 0 N–H and O–H groups in total. The molecule has 174 valence electrons. The van der Waals surface area contributed by atoms with Crippen molar-refractivity contribution >= 4 is 13.6 Å². The van der Waals surface area contributed by atoms with Gasteiger partial charge in [-0.2, -0.15) is 13.1 Å². The summed E-state index contributed by atoms with van der Waals surface area (Å²) in [7, 11) is 0. The van der Waals surface area contributed by atoms with E-state index in [0.29, 0.717) is 23.9 Å². The summed E-state index contributed by atoms with van der Waals surface area (Å²) >= 11 is 0. The molecule has 0 saturated heterocycles. The Morgan fingerprint density at radius 2 is 0.828 bits per heavy atom. The molecule has 0 heterocycles. The van der Waals surface area contributed by atoms with Crippen LogP contribution in [0.5, 0.6) is 0 Å². The average Bonchev–Trinajstić information content (AvgIpc) is 2.65. The molecule has 2 atom stereocenters. The molecule has 0 saturated carbocycles. The maximum absolute atomic E-state index is 7.75. The van der Waals surface area contributed by atoms with Crippen LogP contribution in [0.25, 0.3) is 21.3 Å². The van der Waals surface area contributed by atoms with E-state index >= 15 is 0 Å². The second-order valence-corrected chi connectivity index (χ2v) is 7.61. The van der Waals surface area contributed by atoms with Gasteiger partial charge < -0.3 is 30.9 Å². The third-order valence-corrected chi connectivity index (χ3v) is 3.17. The second-order valence-electron chi connectivity index (χ2n) is 7.61. The minimum absolute atomic E-state index is 0. The number of hydrogen-bond acceptors (Lipinski definition) is 2. The fourth-order valence-corrected chi connectivity index (χ4v) is 1.99. The van der Waals surface area contributed by atoms with Gasteiger partial charge in [-0.3, -0.25) is 13.6 Å². The van der Waals surface area contributed by atoms with Crippen molar-refractivity contribution in [1.82, 2.24) is 0 Å². The van der Waals surface area contributed by atoms with Gasteiger partial charge in [0, 0.05) is 0 Å². The van der Waals surface area contributed by atoms with Crippen LogP contribution in [0.4, 0.5) is 0 Å². The van der Waals surface area contributed by atoms with E-state index in [1.807, 2.05) is 0 Å². The van der Waals surface area contributed by atoms with Gasteiger partial charge in [0.1, 0.15) is 0 Å². The largest absolute Gasteiger partial charge is 6.00 e. The molecule has 0 aliphatic rings. The van der Waals surface area contributed by atoms with Crippen LogP contribution in [0.2, 0.25) is 0 Å². The zero-order valence-electron chi connectivity index (χ0n) is 20.4. The van der Waals surface area contributed by atoms with Gasteiger partial charge in [-0.15, -0.1) is 12.1 Å². The van der Waals surface area contributed by atoms with E-state index in [9.17, 15) is 0 Å². The molecule has 0 bridgehead atoms. The fourth-order valence-electron chi connectivity index (χ4n) is 1.99. The average molecular weight is 500 g/mol. The standard InChI is InChI=1S/2C10H22N2.2CHO.Ru/c2*1-6-7-11-10(8(2)3)12-9(4)5;2*1-2;/h2*8-10H,6-7H2,1-5H3;2*1H;/q2*-2;2*-1;+6. The number of rotatable bonds is 12. The molecular formula is C22H46N4O2Ru. The zero-order chi connectivity index (χ0) is 23.1. The summed E-state index contributed by atoms with van der Waals surface area (Å²) in [6, 6.07) is 0.802. The molecule has 0 spiro atoms. The predicted molar refractivity (Wildman–Crippen MR) is 125 cm³/mol. The summed E-state index contributed by atoms with van der Waals surface area (Å²) in [5.41, 5.74) is 0. The Morgan fingerprint density at radius 1 is 0.586 bits per heavy atom. The number of hydrogen-bond donors (Lipinski definition) is 0. The van der Waals surface area contributed by atoms with Gasteiger partial charge in [-0.05, 0) is 0 Å². The maximum atomic E-state index is 7.75. The van der Waals surface area contributed by atoms with Crippen LogP contribution in [0.15, 0.2) is 0 Å². The molecule has 6 nitrogen and oxygen atoms in total. The normalized spacial score (nSPS) is 12.1. The van der Waals surface area contributed by atoms with E-state index < -0.39 is 0 Å². The molecule has 0 amide bonds. The van der Waals surface area contributed by atoms with Gasteiger partial charge in [-0.25, -0.2) is 12.3 Å². The Bertz CT molecular complexity index is 266. The quantitative estimate of drug-likeness (QED) is 0.174. The molecular weight excluding hydrogens is 453 g/mol. The van der Waals surface area contributed by atoms with Gasteiger partial charge in [-0.1, -0.05) is 93.9 Å². The minimum Gasteiger partial charge on any atom is -0.678 e. The van der Waals surface area contributed by atoms with Crippen molar-refractivity contribution in [2.75, 3.05) is 13.1 Å². The first-order valence-corrected chi connectivity index (χ1v) is 10.4. The smallest absolute Gasteiger partial charge is 0.678 e. The van der Waals surface area contributed by atoms with Crippen molar-refractivity contribution in [3.8, 4) is 0 Å². The van der Waals surface area contributed by atoms with Crippen LogP contribution in [-0.2, 0) is 29.1 Å². The van der Waals surface area contributed by atoms with E-state index in [1.165, 1.54) is 0 Å². The van der Waals surface area contributed by atoms with Crippen LogP contribution >= 0.6 is 0 Å². The predicted octanol–water partition coefficient (Wildman–Crippen LogP) is 6.52. The maximum Gasteiger partial charge on any atom is 6.00 e. The van der Waals surface area contributed by atoms with Crippen molar-refractivity contribution in [1.29, 1.82) is 0 Å². The van der Waals surface area contributed by atoms with Crippen LogP contribution in [-0.4, -0.2) is 51.1 Å². The summed E-state index contributed by atoms with van der Waals surface area (Å²) in [4.78, 5) is 15.5. The first kappa shape index (κ1) is 39.3. The van der Waals surface area contributed by atoms with Crippen molar-refractivity contribution in [2.45, 2.75) is 106 Å². The number of nitrogens with zero attached hydrogens (tertiary/aromatic N) is 4. The molecule has 0 aromatic carbocycles. The van der Waals surface area contributed by atoms with Gasteiger partial charge in [0.25, 0.3) is 0 Å². The topological polar surface area (TPSA) is 90.5 Å². The van der Waals surface area contributed by atoms with Gasteiger partial charge in [0.05, 0.1) is 0 Å². The third kappa shape index (κ3) is 32.7. The Hall–Kier alpha value is -0.197. The molecule has 0 aliphatic heterocycles.